The van der Waals surface area contributed by atoms with E-state index in [0.717, 1.165) is 0 Å². The van der Waals surface area contributed by atoms with Gasteiger partial charge in [-0.15, -0.1) is 0 Å². The lowest BCUT2D eigenvalue weighted by Gasteiger charge is -2.30. The van der Waals surface area contributed by atoms with Crippen molar-refractivity contribution in [3.05, 3.63) is 40.3 Å². The van der Waals surface area contributed by atoms with Gasteiger partial charge < -0.3 is 14.4 Å². The summed E-state index contributed by atoms with van der Waals surface area (Å²) in [4.78, 5) is 50.8. The molecule has 1 amide bonds. The fraction of sp³-hybridized carbons (Fsp3) is 0.476. The second-order valence-corrected chi connectivity index (χ2v) is 7.49. The minimum Gasteiger partial charge on any atom is -0.469 e. The van der Waals surface area contributed by atoms with Crippen LogP contribution in [0.2, 0.25) is 0 Å². The molecular formula is C21H25N3O6. The van der Waals surface area contributed by atoms with Crippen LogP contribution in [-0.4, -0.2) is 59.3 Å². The van der Waals surface area contributed by atoms with Crippen LogP contribution >= 0.6 is 0 Å². The summed E-state index contributed by atoms with van der Waals surface area (Å²) in [7, 11) is 1.35. The van der Waals surface area contributed by atoms with Crippen molar-refractivity contribution in [1.29, 1.82) is 0 Å². The van der Waals surface area contributed by atoms with E-state index in [1.54, 1.807) is 43.0 Å². The molecule has 0 radical (unpaired) electrons. The number of hydrogen-bond acceptors (Lipinski definition) is 7. The second kappa shape index (κ2) is 9.06. The van der Waals surface area contributed by atoms with E-state index in [1.807, 2.05) is 0 Å². The minimum atomic E-state index is -0.765. The Balaban J connectivity index is 1.70. The molecule has 0 unspecified atom stereocenters. The highest BCUT2D eigenvalue weighted by atomic mass is 16.5. The highest BCUT2D eigenvalue weighted by Crippen LogP contribution is 2.19. The molecule has 9 nitrogen and oxygen atoms in total. The predicted molar refractivity (Wildman–Crippen MR) is 108 cm³/mol. The number of amides is 1. The van der Waals surface area contributed by atoms with Crippen molar-refractivity contribution in [3.63, 3.8) is 0 Å². The third kappa shape index (κ3) is 4.34. The predicted octanol–water partition coefficient (Wildman–Crippen LogP) is 1.55. The largest absolute Gasteiger partial charge is 0.469 e. The van der Waals surface area contributed by atoms with Gasteiger partial charge in [-0.2, -0.15) is 5.10 Å². The molecule has 0 aliphatic carbocycles. The minimum absolute atomic E-state index is 0.00361. The molecule has 2 heterocycles. The number of carbonyl (C=O) groups is 3. The number of ether oxygens (including phenoxy) is 2. The summed E-state index contributed by atoms with van der Waals surface area (Å²) < 4.78 is 11.2. The van der Waals surface area contributed by atoms with Crippen molar-refractivity contribution >= 4 is 28.6 Å². The number of carbonyl (C=O) groups excluding carboxylic acids is 3. The fourth-order valence-corrected chi connectivity index (χ4v) is 3.53. The van der Waals surface area contributed by atoms with E-state index in [-0.39, 0.29) is 35.1 Å². The summed E-state index contributed by atoms with van der Waals surface area (Å²) in [6.45, 7) is 3.95. The number of aromatic nitrogens is 2. The molecule has 1 aliphatic rings. The Hall–Kier alpha value is -3.23. The van der Waals surface area contributed by atoms with Gasteiger partial charge in [0.1, 0.15) is 0 Å². The maximum atomic E-state index is 12.7. The summed E-state index contributed by atoms with van der Waals surface area (Å²) in [5, 5.41) is 4.93. The summed E-state index contributed by atoms with van der Waals surface area (Å²) in [5.74, 6) is -1.59. The average molecular weight is 415 g/mol. The number of rotatable bonds is 5. The van der Waals surface area contributed by atoms with Crippen LogP contribution in [-0.2, 0) is 19.1 Å². The first-order chi connectivity index (χ1) is 14.3. The zero-order valence-electron chi connectivity index (χ0n) is 17.3. The molecule has 0 atom stereocenters. The fourth-order valence-electron chi connectivity index (χ4n) is 3.53. The Bertz CT molecular complexity index is 1020. The Morgan fingerprint density at radius 2 is 1.77 bits per heavy atom. The monoisotopic (exact) mass is 415 g/mol. The maximum Gasteiger partial charge on any atom is 0.359 e. The van der Waals surface area contributed by atoms with E-state index >= 15 is 0 Å². The number of nitrogens with zero attached hydrogens (tertiary/aromatic N) is 3. The van der Waals surface area contributed by atoms with E-state index in [1.165, 1.54) is 11.8 Å². The molecule has 1 aliphatic heterocycles. The van der Waals surface area contributed by atoms with Crippen LogP contribution in [0.5, 0.6) is 0 Å². The molecule has 1 aromatic heterocycles. The number of fused-ring (bicyclic) bond motifs is 1. The molecule has 3 rings (SSSR count). The Morgan fingerprint density at radius 3 is 2.37 bits per heavy atom. The van der Waals surface area contributed by atoms with Gasteiger partial charge in [-0.25, -0.2) is 9.48 Å². The third-order valence-electron chi connectivity index (χ3n) is 5.22. The molecule has 30 heavy (non-hydrogen) atoms. The van der Waals surface area contributed by atoms with E-state index < -0.39 is 12.6 Å². The first-order valence-corrected chi connectivity index (χ1v) is 9.87. The summed E-state index contributed by atoms with van der Waals surface area (Å²) in [6.07, 6.45) is 1.02. The Kier molecular flexibility index (Phi) is 6.49. The number of hydrogen-bond donors (Lipinski definition) is 0. The molecule has 2 aromatic rings. The molecule has 9 heteroatoms. The van der Waals surface area contributed by atoms with Crippen LogP contribution < -0.4 is 5.56 Å². The Labute approximate surface area is 173 Å². The van der Waals surface area contributed by atoms with E-state index in [9.17, 15) is 19.2 Å². The van der Waals surface area contributed by atoms with Crippen LogP contribution in [0, 0.1) is 5.92 Å². The van der Waals surface area contributed by atoms with Crippen LogP contribution in [0.25, 0.3) is 10.8 Å². The number of piperidine rings is 1. The number of esters is 2. The first-order valence-electron chi connectivity index (χ1n) is 9.87. The van der Waals surface area contributed by atoms with Crippen LogP contribution in [0.1, 0.15) is 43.2 Å². The van der Waals surface area contributed by atoms with E-state index in [0.29, 0.717) is 36.7 Å². The van der Waals surface area contributed by atoms with Crippen molar-refractivity contribution in [2.75, 3.05) is 26.8 Å². The molecule has 1 aromatic carbocycles. The smallest absolute Gasteiger partial charge is 0.359 e. The molecular weight excluding hydrogens is 390 g/mol. The summed E-state index contributed by atoms with van der Waals surface area (Å²) in [6, 6.07) is 6.43. The number of likely N-dealkylation sites (tertiary alicyclic amines) is 1. The standard InChI is InChI=1S/C21H25N3O6/c1-13(2)24-19(26)16-7-5-4-6-15(16)18(22-24)21(28)30-12-17(25)23-10-8-14(9-11-23)20(27)29-3/h4-7,13-14H,8-12H2,1-3H3. The highest BCUT2D eigenvalue weighted by molar-refractivity contribution is 6.02. The zero-order chi connectivity index (χ0) is 21.8. The van der Waals surface area contributed by atoms with Crippen molar-refractivity contribution in [1.82, 2.24) is 14.7 Å². The quantitative estimate of drug-likeness (QED) is 0.682. The van der Waals surface area contributed by atoms with Gasteiger partial charge in [0.15, 0.2) is 12.3 Å². The van der Waals surface area contributed by atoms with Crippen molar-refractivity contribution < 1.29 is 23.9 Å². The van der Waals surface area contributed by atoms with Crippen LogP contribution in [0.3, 0.4) is 0 Å². The van der Waals surface area contributed by atoms with E-state index in [2.05, 4.69) is 5.10 Å². The first kappa shape index (κ1) is 21.5. The van der Waals surface area contributed by atoms with Gasteiger partial charge in [-0.05, 0) is 32.8 Å². The van der Waals surface area contributed by atoms with Crippen molar-refractivity contribution in [3.8, 4) is 0 Å². The lowest BCUT2D eigenvalue weighted by Crippen LogP contribution is -2.42. The van der Waals surface area contributed by atoms with Crippen molar-refractivity contribution in [2.24, 2.45) is 5.92 Å². The van der Waals surface area contributed by atoms with Crippen molar-refractivity contribution in [2.45, 2.75) is 32.7 Å². The average Bonchev–Trinajstić information content (AvgIpc) is 2.77. The summed E-state index contributed by atoms with van der Waals surface area (Å²) >= 11 is 0. The number of methoxy groups -OCH3 is 1. The van der Waals surface area contributed by atoms with Gasteiger partial charge in [-0.1, -0.05) is 18.2 Å². The van der Waals surface area contributed by atoms with Gasteiger partial charge >= 0.3 is 11.9 Å². The SMILES string of the molecule is COC(=O)C1CCN(C(=O)COC(=O)c2nn(C(C)C)c(=O)c3ccccc23)CC1. The summed E-state index contributed by atoms with van der Waals surface area (Å²) in [5.41, 5.74) is -0.294. The normalized spacial score (nSPS) is 14.7. The molecule has 1 fully saturated rings. The van der Waals surface area contributed by atoms with Gasteiger partial charge in [-0.3, -0.25) is 14.4 Å². The zero-order valence-corrected chi connectivity index (χ0v) is 17.3. The lowest BCUT2D eigenvalue weighted by atomic mass is 9.97. The molecule has 0 saturated carbocycles. The van der Waals surface area contributed by atoms with Gasteiger partial charge in [0.2, 0.25) is 0 Å². The molecule has 160 valence electrons. The second-order valence-electron chi connectivity index (χ2n) is 7.49. The molecule has 1 saturated heterocycles. The lowest BCUT2D eigenvalue weighted by molar-refractivity contribution is -0.149. The topological polar surface area (TPSA) is 108 Å². The van der Waals surface area contributed by atoms with E-state index in [4.69, 9.17) is 9.47 Å². The highest BCUT2D eigenvalue weighted by Gasteiger charge is 2.28. The number of benzene rings is 1. The molecule has 0 bridgehead atoms. The van der Waals surface area contributed by atoms with Gasteiger partial charge in [0.05, 0.1) is 24.5 Å². The Morgan fingerprint density at radius 1 is 1.13 bits per heavy atom. The van der Waals surface area contributed by atoms with Crippen LogP contribution in [0.15, 0.2) is 29.1 Å². The van der Waals surface area contributed by atoms with Gasteiger partial charge in [0.25, 0.3) is 11.5 Å². The maximum absolute atomic E-state index is 12.7. The van der Waals surface area contributed by atoms with Crippen LogP contribution in [0.4, 0.5) is 0 Å². The molecule has 0 spiro atoms. The molecule has 0 N–H and O–H groups in total. The van der Waals surface area contributed by atoms with Gasteiger partial charge in [0, 0.05) is 18.5 Å². The third-order valence-corrected chi connectivity index (χ3v) is 5.22.